The third kappa shape index (κ3) is 3.09. The fraction of sp³-hybridized carbons (Fsp3) is 0.0833. The van der Waals surface area contributed by atoms with E-state index in [1.165, 1.54) is 12.3 Å². The standard InChI is InChI=1S/C12H8Cl2F2N2/c13-10-2-8(15)3-11(14)12(10)18-5-7-1-9(16)6-17-4-7/h1-4,6,18H,5H2. The number of hydrogen-bond acceptors (Lipinski definition) is 2. The summed E-state index contributed by atoms with van der Waals surface area (Å²) in [5.74, 6) is -0.937. The van der Waals surface area contributed by atoms with E-state index in [-0.39, 0.29) is 16.6 Å². The van der Waals surface area contributed by atoms with Gasteiger partial charge in [-0.1, -0.05) is 23.2 Å². The average molecular weight is 289 g/mol. The fourth-order valence-corrected chi connectivity index (χ4v) is 2.05. The van der Waals surface area contributed by atoms with Gasteiger partial charge in [0.2, 0.25) is 0 Å². The van der Waals surface area contributed by atoms with Crippen molar-refractivity contribution in [3.8, 4) is 0 Å². The molecule has 0 bridgehead atoms. The lowest BCUT2D eigenvalue weighted by Gasteiger charge is -2.10. The van der Waals surface area contributed by atoms with Gasteiger partial charge in [0.05, 0.1) is 21.9 Å². The second-order valence-electron chi connectivity index (χ2n) is 3.61. The highest BCUT2D eigenvalue weighted by Gasteiger charge is 2.08. The van der Waals surface area contributed by atoms with E-state index in [0.717, 1.165) is 18.3 Å². The number of hydrogen-bond donors (Lipinski definition) is 1. The first kappa shape index (κ1) is 13.1. The summed E-state index contributed by atoms with van der Waals surface area (Å²) in [5.41, 5.74) is 1.04. The Morgan fingerprint density at radius 3 is 2.28 bits per heavy atom. The molecule has 0 aliphatic heterocycles. The third-order valence-electron chi connectivity index (χ3n) is 2.24. The van der Waals surface area contributed by atoms with Crippen molar-refractivity contribution in [2.45, 2.75) is 6.54 Å². The molecule has 18 heavy (non-hydrogen) atoms. The maximum absolute atomic E-state index is 13.0. The van der Waals surface area contributed by atoms with Gasteiger partial charge < -0.3 is 5.32 Å². The van der Waals surface area contributed by atoms with Crippen molar-refractivity contribution < 1.29 is 8.78 Å². The number of anilines is 1. The lowest BCUT2D eigenvalue weighted by molar-refractivity contribution is 0.619. The summed E-state index contributed by atoms with van der Waals surface area (Å²) in [6, 6.07) is 3.64. The number of benzene rings is 1. The molecule has 94 valence electrons. The minimum atomic E-state index is -0.511. The highest BCUT2D eigenvalue weighted by Crippen LogP contribution is 2.31. The number of nitrogens with zero attached hydrogens (tertiary/aromatic N) is 1. The summed E-state index contributed by atoms with van der Waals surface area (Å²) in [4.78, 5) is 3.71. The Balaban J connectivity index is 2.16. The number of pyridine rings is 1. The van der Waals surface area contributed by atoms with Crippen LogP contribution in [0.3, 0.4) is 0 Å². The number of rotatable bonds is 3. The van der Waals surface area contributed by atoms with Crippen LogP contribution >= 0.6 is 23.2 Å². The smallest absolute Gasteiger partial charge is 0.141 e. The van der Waals surface area contributed by atoms with E-state index in [4.69, 9.17) is 23.2 Å². The summed E-state index contributed by atoms with van der Waals surface area (Å²) in [5, 5.41) is 3.26. The fourth-order valence-electron chi connectivity index (χ4n) is 1.45. The minimum absolute atomic E-state index is 0.171. The highest BCUT2D eigenvalue weighted by molar-refractivity contribution is 6.39. The Bertz CT molecular complexity index is 553. The molecule has 0 aliphatic rings. The molecule has 0 amide bonds. The zero-order valence-electron chi connectivity index (χ0n) is 9.05. The summed E-state index contributed by atoms with van der Waals surface area (Å²) < 4.78 is 25.9. The zero-order valence-corrected chi connectivity index (χ0v) is 10.6. The molecule has 1 aromatic heterocycles. The van der Waals surface area contributed by atoms with Crippen molar-refractivity contribution in [1.29, 1.82) is 0 Å². The molecule has 0 saturated heterocycles. The van der Waals surface area contributed by atoms with Crippen LogP contribution in [-0.4, -0.2) is 4.98 Å². The molecule has 0 saturated carbocycles. The molecular formula is C12H8Cl2F2N2. The molecule has 1 N–H and O–H groups in total. The highest BCUT2D eigenvalue weighted by atomic mass is 35.5. The van der Waals surface area contributed by atoms with Gasteiger partial charge >= 0.3 is 0 Å². The quantitative estimate of drug-likeness (QED) is 0.912. The summed E-state index contributed by atoms with van der Waals surface area (Å²) in [6.45, 7) is 0.288. The minimum Gasteiger partial charge on any atom is -0.378 e. The van der Waals surface area contributed by atoms with Crippen molar-refractivity contribution in [3.05, 3.63) is 57.8 Å². The molecule has 0 spiro atoms. The molecule has 1 heterocycles. The second kappa shape index (κ2) is 5.50. The van der Waals surface area contributed by atoms with Gasteiger partial charge in [0.15, 0.2) is 0 Å². The van der Waals surface area contributed by atoms with Crippen LogP contribution < -0.4 is 5.32 Å². The van der Waals surface area contributed by atoms with Crippen LogP contribution in [0.5, 0.6) is 0 Å². The van der Waals surface area contributed by atoms with Gasteiger partial charge in [-0.2, -0.15) is 0 Å². The van der Waals surface area contributed by atoms with Crippen LogP contribution in [0, 0.1) is 11.6 Å². The number of nitrogens with one attached hydrogen (secondary N) is 1. The number of halogens is 4. The van der Waals surface area contributed by atoms with E-state index in [1.54, 1.807) is 0 Å². The third-order valence-corrected chi connectivity index (χ3v) is 2.83. The molecular weight excluding hydrogens is 281 g/mol. The van der Waals surface area contributed by atoms with Crippen LogP contribution in [0.1, 0.15) is 5.56 Å². The first-order valence-electron chi connectivity index (χ1n) is 5.04. The normalized spacial score (nSPS) is 10.4. The van der Waals surface area contributed by atoms with E-state index < -0.39 is 11.6 Å². The predicted octanol–water partition coefficient (Wildman–Crippen LogP) is 4.28. The van der Waals surface area contributed by atoms with Crippen molar-refractivity contribution in [2.75, 3.05) is 5.32 Å². The first-order chi connectivity index (χ1) is 8.56. The van der Waals surface area contributed by atoms with Gasteiger partial charge in [-0.3, -0.25) is 4.98 Å². The van der Waals surface area contributed by atoms with Gasteiger partial charge in [0.1, 0.15) is 11.6 Å². The molecule has 1 aromatic carbocycles. The Morgan fingerprint density at radius 1 is 1.00 bits per heavy atom. The maximum atomic E-state index is 13.0. The molecule has 0 aliphatic carbocycles. The van der Waals surface area contributed by atoms with E-state index in [0.29, 0.717) is 11.3 Å². The van der Waals surface area contributed by atoms with Gasteiger partial charge in [-0.05, 0) is 23.8 Å². The number of aromatic nitrogens is 1. The molecule has 0 radical (unpaired) electrons. The Hall–Kier alpha value is -1.39. The molecule has 0 unspecified atom stereocenters. The van der Waals surface area contributed by atoms with Crippen LogP contribution in [0.15, 0.2) is 30.6 Å². The average Bonchev–Trinajstić information content (AvgIpc) is 2.27. The summed E-state index contributed by atoms with van der Waals surface area (Å²) in [6.07, 6.45) is 2.63. The predicted molar refractivity (Wildman–Crippen MR) is 67.9 cm³/mol. The van der Waals surface area contributed by atoms with Crippen LogP contribution in [-0.2, 0) is 6.54 Å². The van der Waals surface area contributed by atoms with Gasteiger partial charge in [-0.15, -0.1) is 0 Å². The van der Waals surface area contributed by atoms with E-state index in [1.807, 2.05) is 0 Å². The van der Waals surface area contributed by atoms with Crippen LogP contribution in [0.2, 0.25) is 10.0 Å². The largest absolute Gasteiger partial charge is 0.378 e. The Morgan fingerprint density at radius 2 is 1.67 bits per heavy atom. The van der Waals surface area contributed by atoms with Crippen molar-refractivity contribution in [2.24, 2.45) is 0 Å². The lowest BCUT2D eigenvalue weighted by atomic mass is 10.2. The summed E-state index contributed by atoms with van der Waals surface area (Å²) in [7, 11) is 0. The van der Waals surface area contributed by atoms with Crippen molar-refractivity contribution >= 4 is 28.9 Å². The van der Waals surface area contributed by atoms with Crippen molar-refractivity contribution in [3.63, 3.8) is 0 Å². The molecule has 0 fully saturated rings. The summed E-state index contributed by atoms with van der Waals surface area (Å²) >= 11 is 11.7. The second-order valence-corrected chi connectivity index (χ2v) is 4.42. The Kier molecular flexibility index (Phi) is 3.99. The Labute approximate surface area is 113 Å². The zero-order chi connectivity index (χ0) is 13.1. The SMILES string of the molecule is Fc1cncc(CNc2c(Cl)cc(F)cc2Cl)c1. The van der Waals surface area contributed by atoms with Crippen LogP contribution in [0.4, 0.5) is 14.5 Å². The molecule has 6 heteroatoms. The molecule has 2 nitrogen and oxygen atoms in total. The molecule has 2 aromatic rings. The topological polar surface area (TPSA) is 24.9 Å². The van der Waals surface area contributed by atoms with Gasteiger partial charge in [0, 0.05) is 12.7 Å². The van der Waals surface area contributed by atoms with Gasteiger partial charge in [0.25, 0.3) is 0 Å². The molecule has 0 atom stereocenters. The van der Waals surface area contributed by atoms with Gasteiger partial charge in [-0.25, -0.2) is 8.78 Å². The first-order valence-corrected chi connectivity index (χ1v) is 5.79. The van der Waals surface area contributed by atoms with Crippen molar-refractivity contribution in [1.82, 2.24) is 4.98 Å². The molecule has 2 rings (SSSR count). The maximum Gasteiger partial charge on any atom is 0.141 e. The van der Waals surface area contributed by atoms with E-state index in [9.17, 15) is 8.78 Å². The van der Waals surface area contributed by atoms with E-state index >= 15 is 0 Å². The monoisotopic (exact) mass is 288 g/mol. The van der Waals surface area contributed by atoms with E-state index in [2.05, 4.69) is 10.3 Å². The lowest BCUT2D eigenvalue weighted by Crippen LogP contribution is -2.02. The van der Waals surface area contributed by atoms with Crippen LogP contribution in [0.25, 0.3) is 0 Å².